The number of methoxy groups -OCH3 is 2. The molecule has 2 amide bonds. The van der Waals surface area contributed by atoms with Gasteiger partial charge in [0, 0.05) is 10.0 Å². The lowest BCUT2D eigenvalue weighted by Crippen LogP contribution is -2.30. The maximum Gasteiger partial charge on any atom is 0.265 e. The summed E-state index contributed by atoms with van der Waals surface area (Å²) in [5.74, 6) is 0.720. The fourth-order valence-corrected chi connectivity index (χ4v) is 4.95. The lowest BCUT2D eigenvalue weighted by molar-refractivity contribution is -0.122. The Hall–Kier alpha value is -3.82. The molecule has 0 fully saturated rings. The minimum absolute atomic E-state index is 0.297. The number of anilines is 2. The number of amides is 2. The van der Waals surface area contributed by atoms with Crippen LogP contribution in [0.5, 0.6) is 23.0 Å². The van der Waals surface area contributed by atoms with Crippen molar-refractivity contribution in [2.24, 2.45) is 0 Å². The van der Waals surface area contributed by atoms with Gasteiger partial charge in [-0.3, -0.25) is 9.59 Å². The van der Waals surface area contributed by atoms with E-state index in [4.69, 9.17) is 65.4 Å². The first-order valence-corrected chi connectivity index (χ1v) is 14.7. The van der Waals surface area contributed by atoms with Crippen LogP contribution in [0, 0.1) is 0 Å². The minimum Gasteiger partial charge on any atom is -0.495 e. The summed E-state index contributed by atoms with van der Waals surface area (Å²) in [6, 6.07) is 20.1. The van der Waals surface area contributed by atoms with Crippen LogP contribution >= 0.6 is 46.4 Å². The van der Waals surface area contributed by atoms with Crippen LogP contribution in [0.2, 0.25) is 20.1 Å². The minimum atomic E-state index is -0.860. The molecule has 8 nitrogen and oxygen atoms in total. The predicted octanol–water partition coefficient (Wildman–Crippen LogP) is 8.80. The third-order valence-corrected chi connectivity index (χ3v) is 7.45. The number of hydrogen-bond donors (Lipinski definition) is 2. The molecule has 0 bridgehead atoms. The number of ether oxygens (including phenoxy) is 4. The van der Waals surface area contributed by atoms with Crippen molar-refractivity contribution in [1.82, 2.24) is 0 Å². The topological polar surface area (TPSA) is 95.1 Å². The first-order chi connectivity index (χ1) is 21.0. The van der Waals surface area contributed by atoms with Crippen molar-refractivity contribution in [2.75, 3.05) is 24.9 Å². The van der Waals surface area contributed by atoms with Gasteiger partial charge in [-0.25, -0.2) is 0 Å². The molecule has 2 N–H and O–H groups in total. The smallest absolute Gasteiger partial charge is 0.265 e. The van der Waals surface area contributed by atoms with Gasteiger partial charge in [-0.05, 0) is 85.6 Å². The molecule has 0 aromatic heterocycles. The molecule has 0 heterocycles. The Morgan fingerprint density at radius 2 is 0.955 bits per heavy atom. The molecule has 12 heteroatoms. The number of halogens is 4. The lowest BCUT2D eigenvalue weighted by atomic mass is 10.0. The molecule has 0 saturated carbocycles. The van der Waals surface area contributed by atoms with Crippen molar-refractivity contribution in [1.29, 1.82) is 0 Å². The molecule has 4 rings (SSSR count). The molecule has 2 unspecified atom stereocenters. The Bertz CT molecular complexity index is 1560. The summed E-state index contributed by atoms with van der Waals surface area (Å²) in [6.45, 7) is 3.21. The second-order valence-electron chi connectivity index (χ2n) is 9.48. The highest BCUT2D eigenvalue weighted by molar-refractivity contribution is 6.36. The van der Waals surface area contributed by atoms with Gasteiger partial charge in [-0.1, -0.05) is 58.5 Å². The van der Waals surface area contributed by atoms with Gasteiger partial charge in [0.25, 0.3) is 11.8 Å². The quantitative estimate of drug-likeness (QED) is 0.165. The molecule has 0 aliphatic rings. The standard InChI is InChI=1S/C32H28Cl4N2O6/c1-17(43-27-11-7-21(33)15-23(27)35)31(39)37-25-9-5-19(13-29(25)41-3)20-6-10-26(30(14-20)42-4)38-32(40)18(2)44-28-12-8-22(34)16-24(28)36/h5-18H,1-4H3,(H,37,39)(H,38,40). The van der Waals surface area contributed by atoms with E-state index in [-0.39, 0.29) is 0 Å². The van der Waals surface area contributed by atoms with Gasteiger partial charge in [-0.15, -0.1) is 0 Å². The van der Waals surface area contributed by atoms with Crippen LogP contribution in [0.3, 0.4) is 0 Å². The average molecular weight is 678 g/mol. The molecule has 0 aliphatic heterocycles. The summed E-state index contributed by atoms with van der Waals surface area (Å²) in [5.41, 5.74) is 2.46. The second-order valence-corrected chi connectivity index (χ2v) is 11.2. The number of hydrogen-bond acceptors (Lipinski definition) is 6. The summed E-state index contributed by atoms with van der Waals surface area (Å²) in [6.07, 6.45) is -1.72. The van der Waals surface area contributed by atoms with Crippen LogP contribution in [0.4, 0.5) is 11.4 Å². The molecule has 2 atom stereocenters. The molecule has 4 aromatic carbocycles. The van der Waals surface area contributed by atoms with Crippen LogP contribution in [-0.4, -0.2) is 38.2 Å². The van der Waals surface area contributed by atoms with E-state index < -0.39 is 24.0 Å². The molecule has 44 heavy (non-hydrogen) atoms. The molecule has 0 spiro atoms. The van der Waals surface area contributed by atoms with Gasteiger partial charge < -0.3 is 29.6 Å². The Balaban J connectivity index is 1.45. The highest BCUT2D eigenvalue weighted by atomic mass is 35.5. The number of carbonyl (C=O) groups excluding carboxylic acids is 2. The molecule has 0 radical (unpaired) electrons. The second kappa shape index (κ2) is 14.8. The summed E-state index contributed by atoms with van der Waals surface area (Å²) in [7, 11) is 3.00. The summed E-state index contributed by atoms with van der Waals surface area (Å²) in [4.78, 5) is 25.7. The first kappa shape index (κ1) is 33.1. The van der Waals surface area contributed by atoms with Crippen molar-refractivity contribution < 1.29 is 28.5 Å². The SMILES string of the molecule is COc1cc(-c2ccc(NC(=O)C(C)Oc3ccc(Cl)cc3Cl)c(OC)c2)ccc1NC(=O)C(C)Oc1ccc(Cl)cc1Cl. The molecule has 4 aromatic rings. The lowest BCUT2D eigenvalue weighted by Gasteiger charge is -2.18. The highest BCUT2D eigenvalue weighted by Gasteiger charge is 2.20. The Morgan fingerprint density at radius 3 is 1.30 bits per heavy atom. The molecule has 230 valence electrons. The van der Waals surface area contributed by atoms with E-state index in [0.29, 0.717) is 54.5 Å². The van der Waals surface area contributed by atoms with E-state index in [1.54, 1.807) is 62.4 Å². The highest BCUT2D eigenvalue weighted by Crippen LogP contribution is 2.36. The monoisotopic (exact) mass is 676 g/mol. The molecular weight excluding hydrogens is 650 g/mol. The van der Waals surface area contributed by atoms with Crippen LogP contribution in [0.15, 0.2) is 72.8 Å². The van der Waals surface area contributed by atoms with Gasteiger partial charge in [-0.2, -0.15) is 0 Å². The van der Waals surface area contributed by atoms with Crippen molar-refractivity contribution in [2.45, 2.75) is 26.1 Å². The summed E-state index contributed by atoms with van der Waals surface area (Å²) >= 11 is 24.2. The maximum atomic E-state index is 12.9. The first-order valence-electron chi connectivity index (χ1n) is 13.2. The van der Waals surface area contributed by atoms with Gasteiger partial charge in [0.05, 0.1) is 35.6 Å². The Labute approximate surface area is 275 Å². The van der Waals surface area contributed by atoms with Crippen LogP contribution in [0.25, 0.3) is 11.1 Å². The van der Waals surface area contributed by atoms with Crippen LogP contribution < -0.4 is 29.6 Å². The summed E-state index contributed by atoms with van der Waals surface area (Å²) in [5, 5.41) is 7.16. The largest absolute Gasteiger partial charge is 0.495 e. The number of rotatable bonds is 11. The zero-order valence-electron chi connectivity index (χ0n) is 24.0. The Kier molecular flexibility index (Phi) is 11.1. The third-order valence-electron chi connectivity index (χ3n) is 6.39. The van der Waals surface area contributed by atoms with Crippen molar-refractivity contribution in [3.63, 3.8) is 0 Å². The van der Waals surface area contributed by atoms with Gasteiger partial charge in [0.1, 0.15) is 23.0 Å². The van der Waals surface area contributed by atoms with Gasteiger partial charge >= 0.3 is 0 Å². The van der Waals surface area contributed by atoms with E-state index >= 15 is 0 Å². The zero-order chi connectivity index (χ0) is 32.0. The van der Waals surface area contributed by atoms with E-state index in [0.717, 1.165) is 11.1 Å². The third kappa shape index (κ3) is 8.21. The van der Waals surface area contributed by atoms with Crippen molar-refractivity contribution in [3.05, 3.63) is 92.9 Å². The van der Waals surface area contributed by atoms with E-state index in [9.17, 15) is 9.59 Å². The van der Waals surface area contributed by atoms with E-state index in [2.05, 4.69) is 10.6 Å². The van der Waals surface area contributed by atoms with Gasteiger partial charge in [0.2, 0.25) is 0 Å². The van der Waals surface area contributed by atoms with Crippen LogP contribution in [0.1, 0.15) is 13.8 Å². The number of carbonyl (C=O) groups is 2. The van der Waals surface area contributed by atoms with Gasteiger partial charge in [0.15, 0.2) is 12.2 Å². The molecular formula is C32H28Cl4N2O6. The number of benzene rings is 4. The maximum absolute atomic E-state index is 12.9. The van der Waals surface area contributed by atoms with Crippen LogP contribution in [-0.2, 0) is 9.59 Å². The van der Waals surface area contributed by atoms with E-state index in [1.807, 2.05) is 12.1 Å². The van der Waals surface area contributed by atoms with Crippen molar-refractivity contribution >= 4 is 69.6 Å². The molecule has 0 saturated heterocycles. The zero-order valence-corrected chi connectivity index (χ0v) is 27.1. The fraction of sp³-hybridized carbons (Fsp3) is 0.188. The van der Waals surface area contributed by atoms with Crippen molar-refractivity contribution in [3.8, 4) is 34.1 Å². The number of nitrogens with one attached hydrogen (secondary N) is 2. The normalized spacial score (nSPS) is 12.1. The Morgan fingerprint density at radius 1 is 0.568 bits per heavy atom. The van der Waals surface area contributed by atoms with E-state index in [1.165, 1.54) is 26.4 Å². The summed E-state index contributed by atoms with van der Waals surface area (Å²) < 4.78 is 22.5. The average Bonchev–Trinajstić information content (AvgIpc) is 3.00. The molecule has 0 aliphatic carbocycles. The predicted molar refractivity (Wildman–Crippen MR) is 175 cm³/mol. The fourth-order valence-electron chi connectivity index (χ4n) is 4.05.